The number of halogens is 1. The minimum atomic E-state index is -0.174. The number of ether oxygens (including phenoxy) is 1. The largest absolute Gasteiger partial charge is 0.496 e. The number of nitrogens with zero attached hydrogens (tertiary/aromatic N) is 2. The summed E-state index contributed by atoms with van der Waals surface area (Å²) in [6.07, 6.45) is 0. The normalized spacial score (nSPS) is 10.4. The molecule has 2 rings (SSSR count). The second kappa shape index (κ2) is 7.97. The molecule has 1 amide bonds. The van der Waals surface area contributed by atoms with E-state index in [0.29, 0.717) is 22.1 Å². The van der Waals surface area contributed by atoms with E-state index in [1.165, 1.54) is 11.3 Å². The highest BCUT2D eigenvalue weighted by Gasteiger charge is 2.13. The third-order valence-electron chi connectivity index (χ3n) is 3.13. The first kappa shape index (κ1) is 17.3. The lowest BCUT2D eigenvalue weighted by Crippen LogP contribution is -2.29. The molecule has 5 nitrogen and oxygen atoms in total. The molecule has 23 heavy (non-hydrogen) atoms. The number of hydrogen-bond donors (Lipinski definition) is 1. The number of benzene rings is 1. The van der Waals surface area contributed by atoms with Crippen molar-refractivity contribution >= 4 is 33.8 Å². The van der Waals surface area contributed by atoms with Crippen LogP contribution in [-0.2, 0) is 11.3 Å². The summed E-state index contributed by atoms with van der Waals surface area (Å²) in [7, 11) is 3.43. The average Bonchev–Trinajstić information content (AvgIpc) is 2.94. The Morgan fingerprint density at radius 2 is 2.26 bits per heavy atom. The highest BCUT2D eigenvalue weighted by molar-refractivity contribution is 7.14. The summed E-state index contributed by atoms with van der Waals surface area (Å²) >= 11 is 7.34. The summed E-state index contributed by atoms with van der Waals surface area (Å²) in [5, 5.41) is 14.7. The van der Waals surface area contributed by atoms with Gasteiger partial charge >= 0.3 is 0 Å². The lowest BCUT2D eigenvalue weighted by molar-refractivity contribution is -0.117. The fourth-order valence-electron chi connectivity index (χ4n) is 2.12. The lowest BCUT2D eigenvalue weighted by atomic mass is 10.2. The van der Waals surface area contributed by atoms with E-state index in [9.17, 15) is 4.79 Å². The number of carbonyl (C=O) groups excluding carboxylic acids is 1. The van der Waals surface area contributed by atoms with Crippen LogP contribution in [0.15, 0.2) is 29.6 Å². The van der Waals surface area contributed by atoms with Crippen LogP contribution in [0.2, 0.25) is 5.02 Å². The average molecular weight is 350 g/mol. The van der Waals surface area contributed by atoms with Crippen LogP contribution in [0.4, 0.5) is 5.00 Å². The van der Waals surface area contributed by atoms with E-state index in [4.69, 9.17) is 21.6 Å². The molecule has 1 aromatic carbocycles. The topological polar surface area (TPSA) is 65.4 Å². The molecule has 1 N–H and O–H groups in total. The first-order valence-electron chi connectivity index (χ1n) is 6.82. The smallest absolute Gasteiger partial charge is 0.239 e. The highest BCUT2D eigenvalue weighted by Crippen LogP contribution is 2.24. The lowest BCUT2D eigenvalue weighted by Gasteiger charge is -2.18. The van der Waals surface area contributed by atoms with Gasteiger partial charge in [0.1, 0.15) is 16.8 Å². The van der Waals surface area contributed by atoms with Gasteiger partial charge < -0.3 is 10.1 Å². The zero-order valence-electron chi connectivity index (χ0n) is 12.8. The fourth-order valence-corrected chi connectivity index (χ4v) is 3.07. The van der Waals surface area contributed by atoms with E-state index in [-0.39, 0.29) is 12.5 Å². The van der Waals surface area contributed by atoms with E-state index in [0.717, 1.165) is 11.3 Å². The molecule has 0 saturated heterocycles. The van der Waals surface area contributed by atoms with Crippen LogP contribution in [0, 0.1) is 11.3 Å². The number of carbonyl (C=O) groups is 1. The molecule has 0 fully saturated rings. The molecule has 0 aliphatic carbocycles. The SMILES string of the molecule is COc1ccc(Cl)cc1CN(C)CC(=O)Nc1sccc1C#N. The van der Waals surface area contributed by atoms with Gasteiger partial charge in [0.15, 0.2) is 0 Å². The van der Waals surface area contributed by atoms with Crippen molar-refractivity contribution in [2.45, 2.75) is 6.54 Å². The zero-order chi connectivity index (χ0) is 16.8. The summed E-state index contributed by atoms with van der Waals surface area (Å²) in [6, 6.07) is 9.11. The van der Waals surface area contributed by atoms with Crippen molar-refractivity contribution in [1.82, 2.24) is 4.90 Å². The minimum Gasteiger partial charge on any atom is -0.496 e. The Balaban J connectivity index is 1.97. The van der Waals surface area contributed by atoms with Crippen LogP contribution in [0.25, 0.3) is 0 Å². The third kappa shape index (κ3) is 4.70. The van der Waals surface area contributed by atoms with Gasteiger partial charge in [-0.1, -0.05) is 11.6 Å². The first-order valence-corrected chi connectivity index (χ1v) is 8.07. The van der Waals surface area contributed by atoms with Gasteiger partial charge in [0.25, 0.3) is 0 Å². The number of nitriles is 1. The molecule has 0 unspecified atom stereocenters. The summed E-state index contributed by atoms with van der Waals surface area (Å²) in [6.45, 7) is 0.713. The van der Waals surface area contributed by atoms with Crippen molar-refractivity contribution < 1.29 is 9.53 Å². The molecule has 1 aromatic heterocycles. The van der Waals surface area contributed by atoms with Crippen LogP contribution >= 0.6 is 22.9 Å². The second-order valence-corrected chi connectivity index (χ2v) is 6.30. The first-order chi connectivity index (χ1) is 11.0. The molecular weight excluding hydrogens is 334 g/mol. The van der Waals surface area contributed by atoms with Crippen molar-refractivity contribution in [3.63, 3.8) is 0 Å². The molecule has 2 aromatic rings. The molecule has 120 valence electrons. The van der Waals surface area contributed by atoms with E-state index < -0.39 is 0 Å². The standard InChI is InChI=1S/C16H16ClN3O2S/c1-20(9-12-7-13(17)3-4-14(12)22-2)10-15(21)19-16-11(8-18)5-6-23-16/h3-7H,9-10H2,1-2H3,(H,19,21). The number of likely N-dealkylation sites (N-methyl/N-ethyl adjacent to an activating group) is 1. The Labute approximate surface area is 144 Å². The van der Waals surface area contributed by atoms with Gasteiger partial charge in [-0.15, -0.1) is 11.3 Å². The number of methoxy groups -OCH3 is 1. The van der Waals surface area contributed by atoms with Crippen molar-refractivity contribution in [2.75, 3.05) is 26.0 Å². The Hall–Kier alpha value is -2.07. The molecule has 0 spiro atoms. The maximum atomic E-state index is 12.1. The number of anilines is 1. The quantitative estimate of drug-likeness (QED) is 0.868. The number of amides is 1. The van der Waals surface area contributed by atoms with Gasteiger partial charge in [-0.3, -0.25) is 9.69 Å². The molecule has 0 atom stereocenters. The van der Waals surface area contributed by atoms with Crippen LogP contribution < -0.4 is 10.1 Å². The summed E-state index contributed by atoms with van der Waals surface area (Å²) < 4.78 is 5.30. The second-order valence-electron chi connectivity index (χ2n) is 4.95. The summed E-state index contributed by atoms with van der Waals surface area (Å²) in [5.74, 6) is 0.555. The van der Waals surface area contributed by atoms with E-state index in [1.807, 2.05) is 24.1 Å². The maximum absolute atomic E-state index is 12.1. The molecule has 0 aliphatic rings. The van der Waals surface area contributed by atoms with Crippen molar-refractivity contribution in [3.8, 4) is 11.8 Å². The Morgan fingerprint density at radius 1 is 1.48 bits per heavy atom. The molecule has 0 radical (unpaired) electrons. The van der Waals surface area contributed by atoms with Gasteiger partial charge in [0, 0.05) is 17.1 Å². The molecule has 0 bridgehead atoms. The van der Waals surface area contributed by atoms with Gasteiger partial charge in [0.2, 0.25) is 5.91 Å². The van der Waals surface area contributed by atoms with Crippen molar-refractivity contribution in [3.05, 3.63) is 45.8 Å². The Kier molecular flexibility index (Phi) is 5.99. The number of nitrogens with one attached hydrogen (secondary N) is 1. The third-order valence-corrected chi connectivity index (χ3v) is 4.20. The Bertz CT molecular complexity index is 739. The molecule has 7 heteroatoms. The highest BCUT2D eigenvalue weighted by atomic mass is 35.5. The predicted molar refractivity (Wildman–Crippen MR) is 92.0 cm³/mol. The van der Waals surface area contributed by atoms with Gasteiger partial charge in [-0.2, -0.15) is 5.26 Å². The van der Waals surface area contributed by atoms with E-state index in [1.54, 1.807) is 30.7 Å². The number of hydrogen-bond acceptors (Lipinski definition) is 5. The van der Waals surface area contributed by atoms with E-state index >= 15 is 0 Å². The summed E-state index contributed by atoms with van der Waals surface area (Å²) in [4.78, 5) is 13.9. The molecule has 0 aliphatic heterocycles. The Morgan fingerprint density at radius 3 is 2.96 bits per heavy atom. The zero-order valence-corrected chi connectivity index (χ0v) is 14.4. The maximum Gasteiger partial charge on any atom is 0.239 e. The number of thiophene rings is 1. The molecule has 0 saturated carbocycles. The van der Waals surface area contributed by atoms with Gasteiger partial charge in [-0.25, -0.2) is 0 Å². The van der Waals surface area contributed by atoms with Crippen LogP contribution in [0.3, 0.4) is 0 Å². The summed E-state index contributed by atoms with van der Waals surface area (Å²) in [5.41, 5.74) is 1.38. The van der Waals surface area contributed by atoms with Crippen LogP contribution in [0.1, 0.15) is 11.1 Å². The van der Waals surface area contributed by atoms with E-state index in [2.05, 4.69) is 5.32 Å². The van der Waals surface area contributed by atoms with Crippen molar-refractivity contribution in [1.29, 1.82) is 5.26 Å². The molecule has 1 heterocycles. The predicted octanol–water partition coefficient (Wildman–Crippen LogP) is 3.35. The fraction of sp³-hybridized carbons (Fsp3) is 0.250. The van der Waals surface area contributed by atoms with Crippen molar-refractivity contribution in [2.24, 2.45) is 0 Å². The van der Waals surface area contributed by atoms with Crippen LogP contribution in [0.5, 0.6) is 5.75 Å². The monoisotopic (exact) mass is 349 g/mol. The van der Waals surface area contributed by atoms with Gasteiger partial charge in [0.05, 0.1) is 19.2 Å². The minimum absolute atomic E-state index is 0.174. The number of rotatable bonds is 6. The molecular formula is C16H16ClN3O2S. The van der Waals surface area contributed by atoms with Gasteiger partial charge in [-0.05, 0) is 36.7 Å². The van der Waals surface area contributed by atoms with Crippen LogP contribution in [-0.4, -0.2) is 31.5 Å².